The van der Waals surface area contributed by atoms with Crippen molar-refractivity contribution >= 4 is 29.5 Å². The van der Waals surface area contributed by atoms with Gasteiger partial charge in [-0.2, -0.15) is 5.26 Å². The number of rotatable bonds is 6. The fraction of sp³-hybridized carbons (Fsp3) is 0.320. The number of anilines is 1. The molecule has 0 atom stereocenters. The third kappa shape index (κ3) is 6.14. The van der Waals surface area contributed by atoms with Crippen LogP contribution in [0.4, 0.5) is 10.5 Å². The minimum atomic E-state index is -1.62. The Morgan fingerprint density at radius 3 is 2.37 bits per heavy atom. The SMILES string of the molecule is Cc1ccc(C(=O)N2CCC(c3ccc(C#N)cc3)CC2)cc1N(CCNC(=O)C(=O)O)C(N)=O. The maximum absolute atomic E-state index is 13.2. The second kappa shape index (κ2) is 11.2. The van der Waals surface area contributed by atoms with E-state index < -0.39 is 17.9 Å². The van der Waals surface area contributed by atoms with Gasteiger partial charge in [-0.15, -0.1) is 0 Å². The standard InChI is InChI=1S/C25H27N5O5/c1-16-2-5-20(14-21(16)30(25(27)35)13-10-28-22(31)24(33)34)23(32)29-11-8-19(9-12-29)18-6-3-17(15-26)4-7-18/h2-7,14,19H,8-13H2,1H3,(H2,27,35)(H,28,31)(H,33,34). The Hall–Kier alpha value is -4.39. The molecule has 2 aromatic rings. The molecule has 10 heteroatoms. The van der Waals surface area contributed by atoms with Gasteiger partial charge in [-0.3, -0.25) is 14.5 Å². The number of carbonyl (C=O) groups excluding carboxylic acids is 3. The molecule has 0 spiro atoms. The first-order valence-corrected chi connectivity index (χ1v) is 11.2. The van der Waals surface area contributed by atoms with Gasteiger partial charge in [0.15, 0.2) is 0 Å². The third-order valence-electron chi connectivity index (χ3n) is 6.12. The summed E-state index contributed by atoms with van der Waals surface area (Å²) in [6, 6.07) is 13.9. The number of primary amides is 1. The zero-order valence-electron chi connectivity index (χ0n) is 19.4. The van der Waals surface area contributed by atoms with Crippen LogP contribution >= 0.6 is 0 Å². The van der Waals surface area contributed by atoms with Crippen molar-refractivity contribution in [1.29, 1.82) is 5.26 Å². The number of piperidine rings is 1. The maximum Gasteiger partial charge on any atom is 0.394 e. The van der Waals surface area contributed by atoms with Crippen molar-refractivity contribution in [3.63, 3.8) is 0 Å². The molecule has 0 bridgehead atoms. The maximum atomic E-state index is 13.2. The Balaban J connectivity index is 1.68. The summed E-state index contributed by atoms with van der Waals surface area (Å²) < 4.78 is 0. The summed E-state index contributed by atoms with van der Waals surface area (Å²) in [5.41, 5.74) is 8.81. The second-order valence-corrected chi connectivity index (χ2v) is 8.35. The molecule has 0 saturated carbocycles. The topological polar surface area (TPSA) is 157 Å². The molecular formula is C25H27N5O5. The van der Waals surface area contributed by atoms with Gasteiger partial charge in [-0.25, -0.2) is 9.59 Å². The number of aliphatic carboxylic acids is 1. The lowest BCUT2D eigenvalue weighted by Crippen LogP contribution is -2.43. The van der Waals surface area contributed by atoms with Gasteiger partial charge in [-0.05, 0) is 61.1 Å². The fourth-order valence-corrected chi connectivity index (χ4v) is 4.17. The van der Waals surface area contributed by atoms with Gasteiger partial charge >= 0.3 is 17.9 Å². The van der Waals surface area contributed by atoms with E-state index in [9.17, 15) is 19.2 Å². The van der Waals surface area contributed by atoms with Gasteiger partial charge in [0.1, 0.15) is 0 Å². The van der Waals surface area contributed by atoms with E-state index in [1.54, 1.807) is 42.2 Å². The number of aryl methyl sites for hydroxylation is 1. The van der Waals surface area contributed by atoms with Crippen molar-refractivity contribution in [2.24, 2.45) is 5.73 Å². The summed E-state index contributed by atoms with van der Waals surface area (Å²) in [6.07, 6.45) is 1.60. The van der Waals surface area contributed by atoms with Crippen LogP contribution in [0.15, 0.2) is 42.5 Å². The van der Waals surface area contributed by atoms with E-state index in [0.29, 0.717) is 41.4 Å². The predicted molar refractivity (Wildman–Crippen MR) is 128 cm³/mol. The largest absolute Gasteiger partial charge is 0.474 e. The smallest absolute Gasteiger partial charge is 0.394 e. The average Bonchev–Trinajstić information content (AvgIpc) is 2.86. The first-order valence-electron chi connectivity index (χ1n) is 11.2. The van der Waals surface area contributed by atoms with Crippen molar-refractivity contribution in [2.75, 3.05) is 31.1 Å². The molecule has 1 heterocycles. The number of nitriles is 1. The molecule has 35 heavy (non-hydrogen) atoms. The van der Waals surface area contributed by atoms with Gasteiger partial charge in [0.05, 0.1) is 11.6 Å². The number of hydrogen-bond acceptors (Lipinski definition) is 5. The highest BCUT2D eigenvalue weighted by molar-refractivity contribution is 6.31. The van der Waals surface area contributed by atoms with Crippen molar-refractivity contribution in [1.82, 2.24) is 10.2 Å². The summed E-state index contributed by atoms with van der Waals surface area (Å²) >= 11 is 0. The Morgan fingerprint density at radius 1 is 1.14 bits per heavy atom. The van der Waals surface area contributed by atoms with Crippen molar-refractivity contribution in [3.05, 3.63) is 64.7 Å². The number of nitrogens with two attached hydrogens (primary N) is 1. The van der Waals surface area contributed by atoms with Crippen molar-refractivity contribution in [2.45, 2.75) is 25.7 Å². The molecule has 0 aliphatic carbocycles. The van der Waals surface area contributed by atoms with E-state index in [0.717, 1.165) is 18.4 Å². The lowest BCUT2D eigenvalue weighted by atomic mass is 9.89. The lowest BCUT2D eigenvalue weighted by Gasteiger charge is -2.32. The molecule has 2 aromatic carbocycles. The average molecular weight is 478 g/mol. The highest BCUT2D eigenvalue weighted by Gasteiger charge is 2.26. The number of benzene rings is 2. The normalized spacial score (nSPS) is 13.5. The van der Waals surface area contributed by atoms with Gasteiger partial charge < -0.3 is 21.1 Å². The first-order chi connectivity index (χ1) is 16.7. The number of carboxylic acid groups (broad SMARTS) is 1. The van der Waals surface area contributed by atoms with Crippen LogP contribution in [0.3, 0.4) is 0 Å². The summed E-state index contributed by atoms with van der Waals surface area (Å²) in [5.74, 6) is -2.65. The van der Waals surface area contributed by atoms with Crippen LogP contribution in [0, 0.1) is 18.3 Å². The third-order valence-corrected chi connectivity index (χ3v) is 6.12. The molecule has 1 aliphatic rings. The predicted octanol–water partition coefficient (Wildman–Crippen LogP) is 1.97. The van der Waals surface area contributed by atoms with Crippen LogP contribution < -0.4 is 16.0 Å². The zero-order chi connectivity index (χ0) is 25.5. The van der Waals surface area contributed by atoms with E-state index in [2.05, 4.69) is 11.4 Å². The molecule has 0 aromatic heterocycles. The summed E-state index contributed by atoms with van der Waals surface area (Å²) in [4.78, 5) is 50.1. The highest BCUT2D eigenvalue weighted by Crippen LogP contribution is 2.29. The van der Waals surface area contributed by atoms with Gasteiger partial charge in [0, 0.05) is 37.4 Å². The van der Waals surface area contributed by atoms with Crippen LogP contribution in [0.5, 0.6) is 0 Å². The molecule has 1 aliphatic heterocycles. The number of nitrogens with one attached hydrogen (secondary N) is 1. The number of amides is 4. The van der Waals surface area contributed by atoms with Crippen LogP contribution in [-0.2, 0) is 9.59 Å². The van der Waals surface area contributed by atoms with Crippen LogP contribution in [-0.4, -0.2) is 60.0 Å². The minimum Gasteiger partial charge on any atom is -0.474 e. The Bertz CT molecular complexity index is 1160. The number of nitrogens with zero attached hydrogens (tertiary/aromatic N) is 3. The fourth-order valence-electron chi connectivity index (χ4n) is 4.17. The highest BCUT2D eigenvalue weighted by atomic mass is 16.4. The van der Waals surface area contributed by atoms with Crippen molar-refractivity contribution < 1.29 is 24.3 Å². The number of hydrogen-bond donors (Lipinski definition) is 3. The summed E-state index contributed by atoms with van der Waals surface area (Å²) in [7, 11) is 0. The molecule has 3 rings (SSSR count). The lowest BCUT2D eigenvalue weighted by molar-refractivity contribution is -0.150. The van der Waals surface area contributed by atoms with Crippen LogP contribution in [0.25, 0.3) is 0 Å². The number of carbonyl (C=O) groups is 4. The van der Waals surface area contributed by atoms with E-state index >= 15 is 0 Å². The number of likely N-dealkylation sites (tertiary alicyclic amines) is 1. The number of urea groups is 1. The van der Waals surface area contributed by atoms with Gasteiger partial charge in [0.2, 0.25) is 0 Å². The molecule has 10 nitrogen and oxygen atoms in total. The Kier molecular flexibility index (Phi) is 8.04. The summed E-state index contributed by atoms with van der Waals surface area (Å²) in [6.45, 7) is 2.75. The quantitative estimate of drug-likeness (QED) is 0.540. The molecule has 0 unspecified atom stereocenters. The van der Waals surface area contributed by atoms with E-state index in [1.807, 2.05) is 12.1 Å². The van der Waals surface area contributed by atoms with E-state index in [1.165, 1.54) is 4.90 Å². The Labute approximate surface area is 202 Å². The monoisotopic (exact) mass is 477 g/mol. The minimum absolute atomic E-state index is 0.0528. The molecule has 4 N–H and O–H groups in total. The van der Waals surface area contributed by atoms with Gasteiger partial charge in [-0.1, -0.05) is 18.2 Å². The molecule has 0 radical (unpaired) electrons. The number of carboxylic acids is 1. The second-order valence-electron chi connectivity index (χ2n) is 8.35. The van der Waals surface area contributed by atoms with Crippen LogP contribution in [0.2, 0.25) is 0 Å². The van der Waals surface area contributed by atoms with Crippen LogP contribution in [0.1, 0.15) is 45.8 Å². The van der Waals surface area contributed by atoms with Crippen molar-refractivity contribution in [3.8, 4) is 6.07 Å². The molecule has 1 fully saturated rings. The van der Waals surface area contributed by atoms with Gasteiger partial charge in [0.25, 0.3) is 5.91 Å². The molecule has 1 saturated heterocycles. The molecular weight excluding hydrogens is 450 g/mol. The zero-order valence-corrected chi connectivity index (χ0v) is 19.4. The molecule has 4 amide bonds. The first kappa shape index (κ1) is 25.2. The Morgan fingerprint density at radius 2 is 1.80 bits per heavy atom. The van der Waals surface area contributed by atoms with E-state index in [-0.39, 0.29) is 19.0 Å². The van der Waals surface area contributed by atoms with E-state index in [4.69, 9.17) is 16.1 Å². The summed E-state index contributed by atoms with van der Waals surface area (Å²) in [5, 5.41) is 19.8. The molecule has 182 valence electrons.